The van der Waals surface area contributed by atoms with Gasteiger partial charge in [0.15, 0.2) is 0 Å². The van der Waals surface area contributed by atoms with Crippen molar-refractivity contribution in [3.63, 3.8) is 0 Å². The molecule has 0 atom stereocenters. The molecule has 0 aliphatic rings. The van der Waals surface area contributed by atoms with E-state index in [-0.39, 0.29) is 0 Å². The fourth-order valence-electron chi connectivity index (χ4n) is 0.893. The third-order valence-electron chi connectivity index (χ3n) is 1.48. The maximum atomic E-state index is 8.60. The molecule has 0 aromatic heterocycles. The van der Waals surface area contributed by atoms with Crippen molar-refractivity contribution in [3.8, 4) is 6.07 Å². The second-order valence-electron chi connectivity index (χ2n) is 2.39. The average Bonchev–Trinajstić information content (AvgIpc) is 2.08. The predicted molar refractivity (Wildman–Crippen MR) is 61.4 cm³/mol. The lowest BCUT2D eigenvalue weighted by atomic mass is 10.1. The van der Waals surface area contributed by atoms with E-state index in [1.54, 1.807) is 18.2 Å². The molecule has 0 spiro atoms. The van der Waals surface area contributed by atoms with Gasteiger partial charge in [-0.1, -0.05) is 6.07 Å². The summed E-state index contributed by atoms with van der Waals surface area (Å²) in [5.74, 6) is 0. The number of rotatable bonds is 1. The quantitative estimate of drug-likeness (QED) is 0.810. The van der Waals surface area contributed by atoms with Gasteiger partial charge in [-0.05, 0) is 55.6 Å². The zero-order valence-corrected chi connectivity index (χ0v) is 9.76. The third-order valence-corrected chi connectivity index (χ3v) is 1.94. The zero-order chi connectivity index (χ0) is 9.84. The number of nitriles is 1. The van der Waals surface area contributed by atoms with Gasteiger partial charge in [-0.2, -0.15) is 5.26 Å². The Morgan fingerprint density at radius 1 is 1.46 bits per heavy atom. The Hall–Kier alpha value is -0.790. The lowest BCUT2D eigenvalue weighted by molar-refractivity contribution is 1.48. The first kappa shape index (κ1) is 10.3. The Labute approximate surface area is 93.3 Å². The molecule has 1 rings (SSSR count). The highest BCUT2D eigenvalue weighted by molar-refractivity contribution is 9.28. The molecule has 0 bridgehead atoms. The van der Waals surface area contributed by atoms with Crippen molar-refractivity contribution in [2.24, 2.45) is 0 Å². The summed E-state index contributed by atoms with van der Waals surface area (Å²) in [7, 11) is 0. The number of nitrogens with zero attached hydrogens (tertiary/aromatic N) is 1. The summed E-state index contributed by atoms with van der Waals surface area (Å²) in [4.78, 5) is 0. The molecule has 0 heterocycles. The smallest absolute Gasteiger partial charge is 0.0992 e. The van der Waals surface area contributed by atoms with Gasteiger partial charge in [0.05, 0.1) is 15.0 Å². The van der Waals surface area contributed by atoms with Gasteiger partial charge in [-0.15, -0.1) is 0 Å². The van der Waals surface area contributed by atoms with Crippen LogP contribution in [0.25, 0.3) is 6.08 Å². The van der Waals surface area contributed by atoms with Crippen LogP contribution >= 0.6 is 31.9 Å². The van der Waals surface area contributed by atoms with Gasteiger partial charge in [-0.3, -0.25) is 0 Å². The summed E-state index contributed by atoms with van der Waals surface area (Å²) >= 11 is 6.48. The molecular weight excluding hydrogens is 296 g/mol. The summed E-state index contributed by atoms with van der Waals surface area (Å²) in [6.07, 6.45) is 1.83. The van der Waals surface area contributed by atoms with Crippen LogP contribution in [0.1, 0.15) is 11.1 Å². The molecule has 2 N–H and O–H groups in total. The van der Waals surface area contributed by atoms with E-state index in [0.29, 0.717) is 11.3 Å². The first-order chi connectivity index (χ1) is 6.13. The maximum Gasteiger partial charge on any atom is 0.0992 e. The van der Waals surface area contributed by atoms with Gasteiger partial charge >= 0.3 is 0 Å². The minimum absolute atomic E-state index is 0.570. The minimum atomic E-state index is 0.570. The van der Waals surface area contributed by atoms with Crippen LogP contribution in [0.2, 0.25) is 0 Å². The second kappa shape index (κ2) is 4.45. The summed E-state index contributed by atoms with van der Waals surface area (Å²) in [6.45, 7) is 0. The number of nitrogens with two attached hydrogens (primary N) is 1. The molecule has 0 saturated heterocycles. The van der Waals surface area contributed by atoms with Crippen LogP contribution in [-0.2, 0) is 0 Å². The first-order valence-electron chi connectivity index (χ1n) is 3.46. The van der Waals surface area contributed by atoms with E-state index >= 15 is 0 Å². The van der Waals surface area contributed by atoms with Crippen molar-refractivity contribution < 1.29 is 0 Å². The van der Waals surface area contributed by atoms with Crippen LogP contribution in [0.15, 0.2) is 21.6 Å². The molecule has 0 saturated carbocycles. The van der Waals surface area contributed by atoms with Crippen LogP contribution in [0.4, 0.5) is 5.69 Å². The molecule has 1 aromatic carbocycles. The van der Waals surface area contributed by atoms with E-state index in [2.05, 4.69) is 31.9 Å². The number of anilines is 1. The molecule has 0 radical (unpaired) electrons. The summed E-state index contributed by atoms with van der Waals surface area (Å²) in [5.41, 5.74) is 7.75. The molecule has 2 nitrogen and oxygen atoms in total. The fraction of sp³-hybridized carbons (Fsp3) is 0. The largest absolute Gasteiger partial charge is 0.398 e. The maximum absolute atomic E-state index is 8.60. The lowest BCUT2D eigenvalue weighted by Crippen LogP contribution is -1.89. The van der Waals surface area contributed by atoms with Crippen molar-refractivity contribution in [2.45, 2.75) is 0 Å². The van der Waals surface area contributed by atoms with Gasteiger partial charge in [0.25, 0.3) is 0 Å². The molecule has 1 aromatic rings. The van der Waals surface area contributed by atoms with Crippen molar-refractivity contribution in [1.29, 1.82) is 5.26 Å². The summed E-state index contributed by atoms with van der Waals surface area (Å²) in [6, 6.07) is 7.20. The predicted octanol–water partition coefficient (Wildman–Crippen LogP) is 3.23. The number of hydrogen-bond acceptors (Lipinski definition) is 2. The van der Waals surface area contributed by atoms with E-state index in [9.17, 15) is 0 Å². The lowest BCUT2D eigenvalue weighted by Gasteiger charge is -1.99. The molecule has 0 aliphatic carbocycles. The second-order valence-corrected chi connectivity index (χ2v) is 5.16. The molecule has 13 heavy (non-hydrogen) atoms. The molecule has 0 amide bonds. The highest BCUT2D eigenvalue weighted by atomic mass is 79.9. The zero-order valence-electron chi connectivity index (χ0n) is 6.59. The van der Waals surface area contributed by atoms with Crippen LogP contribution in [0, 0.1) is 11.3 Å². The van der Waals surface area contributed by atoms with Gasteiger partial charge in [0, 0.05) is 5.69 Å². The van der Waals surface area contributed by atoms with Crippen molar-refractivity contribution in [1.82, 2.24) is 0 Å². The number of nitrogen functional groups attached to an aromatic ring is 1. The standard InChI is InChI=1S/C9H6Br2N2/c10-9(11)4-7-2-1-6(5-12)3-8(7)13/h1-4H,13H2. The Kier molecular flexibility index (Phi) is 3.52. The highest BCUT2D eigenvalue weighted by Crippen LogP contribution is 2.22. The minimum Gasteiger partial charge on any atom is -0.398 e. The van der Waals surface area contributed by atoms with E-state index < -0.39 is 0 Å². The van der Waals surface area contributed by atoms with Gasteiger partial charge in [0.1, 0.15) is 0 Å². The van der Waals surface area contributed by atoms with Crippen molar-refractivity contribution >= 4 is 43.6 Å². The highest BCUT2D eigenvalue weighted by Gasteiger charge is 1.97. The van der Waals surface area contributed by atoms with Gasteiger partial charge in [-0.25, -0.2) is 0 Å². The Balaban J connectivity index is 3.15. The third kappa shape index (κ3) is 2.87. The fourth-order valence-corrected chi connectivity index (χ4v) is 1.39. The van der Waals surface area contributed by atoms with Crippen LogP contribution in [0.3, 0.4) is 0 Å². The van der Waals surface area contributed by atoms with Gasteiger partial charge in [0.2, 0.25) is 0 Å². The summed E-state index contributed by atoms with van der Waals surface area (Å²) in [5, 5.41) is 8.60. The number of halogens is 2. The number of benzene rings is 1. The topological polar surface area (TPSA) is 49.8 Å². The average molecular weight is 302 g/mol. The monoisotopic (exact) mass is 300 g/mol. The number of hydrogen-bond donors (Lipinski definition) is 1. The van der Waals surface area contributed by atoms with E-state index in [1.807, 2.05) is 12.1 Å². The van der Waals surface area contributed by atoms with Crippen molar-refractivity contribution in [3.05, 3.63) is 32.7 Å². The van der Waals surface area contributed by atoms with Crippen LogP contribution in [-0.4, -0.2) is 0 Å². The normalized spacial score (nSPS) is 9.00. The Morgan fingerprint density at radius 2 is 2.15 bits per heavy atom. The Morgan fingerprint density at radius 3 is 2.62 bits per heavy atom. The Bertz CT molecular complexity index is 387. The van der Waals surface area contributed by atoms with Gasteiger partial charge < -0.3 is 5.73 Å². The van der Waals surface area contributed by atoms with E-state index in [0.717, 1.165) is 8.96 Å². The van der Waals surface area contributed by atoms with E-state index in [1.165, 1.54) is 0 Å². The molecular formula is C9H6Br2N2. The molecule has 4 heteroatoms. The van der Waals surface area contributed by atoms with Crippen molar-refractivity contribution in [2.75, 3.05) is 5.73 Å². The van der Waals surface area contributed by atoms with E-state index in [4.69, 9.17) is 11.0 Å². The SMILES string of the molecule is N#Cc1ccc(C=C(Br)Br)c(N)c1. The first-order valence-corrected chi connectivity index (χ1v) is 5.04. The molecule has 0 aliphatic heterocycles. The molecule has 66 valence electrons. The molecule has 0 unspecified atom stereocenters. The van der Waals surface area contributed by atoms with Crippen LogP contribution in [0.5, 0.6) is 0 Å². The van der Waals surface area contributed by atoms with Crippen LogP contribution < -0.4 is 5.73 Å². The summed E-state index contributed by atoms with van der Waals surface area (Å²) < 4.78 is 0.816. The molecule has 0 fully saturated rings.